The van der Waals surface area contributed by atoms with Gasteiger partial charge in [-0.25, -0.2) is 9.48 Å². The van der Waals surface area contributed by atoms with Crippen LogP contribution in [0.25, 0.3) is 0 Å². The Morgan fingerprint density at radius 3 is 2.64 bits per heavy atom. The summed E-state index contributed by atoms with van der Waals surface area (Å²) in [6.45, 7) is 8.29. The second kappa shape index (κ2) is 8.47. The number of hydrogen-bond donors (Lipinski definition) is 1. The van der Waals surface area contributed by atoms with E-state index in [1.54, 1.807) is 0 Å². The monoisotopic (exact) mass is 462 g/mol. The molecule has 1 atom stereocenters. The van der Waals surface area contributed by atoms with Gasteiger partial charge in [0, 0.05) is 11.3 Å². The molecular formula is C22H27BrN2O2S. The molecule has 28 heavy (non-hydrogen) atoms. The lowest BCUT2D eigenvalue weighted by Gasteiger charge is -2.24. The van der Waals surface area contributed by atoms with Crippen LogP contribution >= 0.6 is 11.8 Å². The molecule has 2 aromatic rings. The van der Waals surface area contributed by atoms with E-state index in [-0.39, 0.29) is 17.0 Å². The fourth-order valence-corrected chi connectivity index (χ4v) is 5.10. The number of ether oxygens (including phenoxy) is 1. The van der Waals surface area contributed by atoms with Crippen molar-refractivity contribution in [1.82, 2.24) is 0 Å². The molecule has 6 heteroatoms. The predicted molar refractivity (Wildman–Crippen MR) is 112 cm³/mol. The molecule has 2 aliphatic rings. The number of hydrogen-bond acceptors (Lipinski definition) is 4. The van der Waals surface area contributed by atoms with Gasteiger partial charge in [-0.05, 0) is 80.4 Å². The Hall–Kier alpha value is -1.50. The van der Waals surface area contributed by atoms with Crippen molar-refractivity contribution in [2.24, 2.45) is 0 Å². The number of benzene rings is 2. The van der Waals surface area contributed by atoms with Gasteiger partial charge in [-0.3, -0.25) is 0 Å². The van der Waals surface area contributed by atoms with Crippen molar-refractivity contribution in [3.63, 3.8) is 0 Å². The average Bonchev–Trinajstić information content (AvgIpc) is 2.99. The van der Waals surface area contributed by atoms with Crippen molar-refractivity contribution in [3.05, 3.63) is 59.2 Å². The molecule has 0 bridgehead atoms. The molecule has 0 spiro atoms. The van der Waals surface area contributed by atoms with E-state index in [2.05, 4.69) is 41.5 Å². The van der Waals surface area contributed by atoms with Crippen LogP contribution in [-0.2, 0) is 5.72 Å². The predicted octanol–water partition coefficient (Wildman–Crippen LogP) is 0.877. The van der Waals surface area contributed by atoms with Crippen LogP contribution in [0.1, 0.15) is 30.0 Å². The van der Waals surface area contributed by atoms with E-state index >= 15 is 0 Å². The van der Waals surface area contributed by atoms with Crippen LogP contribution < -0.4 is 26.6 Å². The van der Waals surface area contributed by atoms with Crippen molar-refractivity contribution in [1.29, 1.82) is 0 Å². The molecule has 0 saturated heterocycles. The zero-order valence-corrected chi connectivity index (χ0v) is 19.0. The number of halogens is 1. The average molecular weight is 463 g/mol. The fraction of sp³-hybridized carbons (Fsp3) is 0.409. The van der Waals surface area contributed by atoms with Gasteiger partial charge >= 0.3 is 5.17 Å². The van der Waals surface area contributed by atoms with Gasteiger partial charge < -0.3 is 26.8 Å². The second-order valence-corrected chi connectivity index (χ2v) is 8.35. The summed E-state index contributed by atoms with van der Waals surface area (Å²) in [6.07, 6.45) is 1.08. The molecule has 0 saturated carbocycles. The Labute approximate surface area is 182 Å². The normalized spacial score (nSPS) is 21.4. The van der Waals surface area contributed by atoms with E-state index in [0.29, 0.717) is 13.2 Å². The van der Waals surface area contributed by atoms with Crippen molar-refractivity contribution in [3.8, 4) is 5.75 Å². The first kappa shape index (κ1) is 21.2. The smallest absolute Gasteiger partial charge is 0.316 e. The zero-order chi connectivity index (χ0) is 19.0. The maximum absolute atomic E-state index is 11.8. The summed E-state index contributed by atoms with van der Waals surface area (Å²) >= 11 is 1.84. The SMILES string of the molecule is CCOc1ccc(C2(O)CN(c3cc(C)ccc3C)C3=[N+]2CCCS3)cc1.[Br-]. The highest BCUT2D eigenvalue weighted by Crippen LogP contribution is 2.39. The molecule has 2 heterocycles. The second-order valence-electron chi connectivity index (χ2n) is 7.29. The molecule has 0 amide bonds. The lowest BCUT2D eigenvalue weighted by atomic mass is 10.0. The van der Waals surface area contributed by atoms with Crippen LogP contribution in [0.5, 0.6) is 5.75 Å². The van der Waals surface area contributed by atoms with Gasteiger partial charge in [-0.1, -0.05) is 12.1 Å². The molecule has 2 aromatic carbocycles. The number of amidine groups is 1. The molecule has 2 aliphatic heterocycles. The van der Waals surface area contributed by atoms with E-state index in [4.69, 9.17) is 4.74 Å². The van der Waals surface area contributed by atoms with Crippen LogP contribution in [0.4, 0.5) is 5.69 Å². The molecule has 1 unspecified atom stereocenters. The van der Waals surface area contributed by atoms with E-state index in [1.165, 1.54) is 16.8 Å². The van der Waals surface area contributed by atoms with Crippen LogP contribution in [-0.4, -0.2) is 40.3 Å². The minimum Gasteiger partial charge on any atom is -1.00 e. The van der Waals surface area contributed by atoms with Crippen LogP contribution in [0, 0.1) is 13.8 Å². The maximum Gasteiger partial charge on any atom is 0.316 e. The Balaban J connectivity index is 0.00000225. The molecule has 0 aromatic heterocycles. The molecule has 150 valence electrons. The Morgan fingerprint density at radius 1 is 1.18 bits per heavy atom. The summed E-state index contributed by atoms with van der Waals surface area (Å²) in [7, 11) is 0. The van der Waals surface area contributed by atoms with E-state index in [1.807, 2.05) is 43.0 Å². The van der Waals surface area contributed by atoms with Crippen LogP contribution in [0.3, 0.4) is 0 Å². The lowest BCUT2D eigenvalue weighted by Crippen LogP contribution is -3.00. The van der Waals surface area contributed by atoms with Crippen molar-refractivity contribution < 1.29 is 31.4 Å². The third-order valence-corrected chi connectivity index (χ3v) is 6.52. The number of aryl methyl sites for hydroxylation is 2. The zero-order valence-electron chi connectivity index (χ0n) is 16.6. The molecule has 0 fully saturated rings. The maximum atomic E-state index is 11.8. The summed E-state index contributed by atoms with van der Waals surface area (Å²) in [5, 5.41) is 12.9. The lowest BCUT2D eigenvalue weighted by molar-refractivity contribution is -0.656. The minimum atomic E-state index is -1.02. The van der Waals surface area contributed by atoms with E-state index in [0.717, 1.165) is 35.2 Å². The number of nitrogens with zero attached hydrogens (tertiary/aromatic N) is 2. The fourth-order valence-electron chi connectivity index (χ4n) is 3.93. The van der Waals surface area contributed by atoms with Crippen molar-refractivity contribution in [2.45, 2.75) is 32.9 Å². The van der Waals surface area contributed by atoms with Gasteiger partial charge in [0.15, 0.2) is 6.54 Å². The molecule has 0 radical (unpaired) electrons. The highest BCUT2D eigenvalue weighted by Gasteiger charge is 2.53. The Morgan fingerprint density at radius 2 is 1.93 bits per heavy atom. The first-order valence-corrected chi connectivity index (χ1v) is 10.6. The Kier molecular flexibility index (Phi) is 6.42. The van der Waals surface area contributed by atoms with Gasteiger partial charge in [-0.15, -0.1) is 0 Å². The largest absolute Gasteiger partial charge is 1.00 e. The number of aliphatic hydroxyl groups is 1. The third kappa shape index (κ3) is 3.70. The van der Waals surface area contributed by atoms with E-state index in [9.17, 15) is 5.11 Å². The third-order valence-electron chi connectivity index (χ3n) is 5.33. The molecular weight excluding hydrogens is 436 g/mol. The quantitative estimate of drug-likeness (QED) is 0.684. The number of thioether (sulfide) groups is 1. The van der Waals surface area contributed by atoms with E-state index < -0.39 is 5.72 Å². The first-order chi connectivity index (χ1) is 13.0. The topological polar surface area (TPSA) is 35.7 Å². The molecule has 1 N–H and O–H groups in total. The van der Waals surface area contributed by atoms with Gasteiger partial charge in [0.05, 0.1) is 13.2 Å². The summed E-state index contributed by atoms with van der Waals surface area (Å²) < 4.78 is 7.75. The highest BCUT2D eigenvalue weighted by atomic mass is 79.9. The molecule has 4 rings (SSSR count). The summed E-state index contributed by atoms with van der Waals surface area (Å²) in [5.74, 6) is 1.93. The first-order valence-electron chi connectivity index (χ1n) is 9.61. The molecule has 4 nitrogen and oxygen atoms in total. The van der Waals surface area contributed by atoms with Gasteiger partial charge in [0.25, 0.3) is 5.72 Å². The number of anilines is 1. The van der Waals surface area contributed by atoms with Gasteiger partial charge in [0.2, 0.25) is 0 Å². The minimum absolute atomic E-state index is 0. The van der Waals surface area contributed by atoms with Crippen LogP contribution in [0.15, 0.2) is 42.5 Å². The number of β-amino-alcohol motifs (C(OH)–C–C–N with tert-alkyl or cyclic N) is 1. The van der Waals surface area contributed by atoms with Crippen molar-refractivity contribution in [2.75, 3.05) is 30.3 Å². The van der Waals surface area contributed by atoms with Gasteiger partial charge in [-0.2, -0.15) is 0 Å². The summed E-state index contributed by atoms with van der Waals surface area (Å²) in [6, 6.07) is 14.4. The number of rotatable bonds is 4. The summed E-state index contributed by atoms with van der Waals surface area (Å²) in [5.41, 5.74) is 3.55. The van der Waals surface area contributed by atoms with Gasteiger partial charge in [0.1, 0.15) is 11.4 Å². The Bertz CT molecular complexity index is 885. The highest BCUT2D eigenvalue weighted by molar-refractivity contribution is 8.13. The summed E-state index contributed by atoms with van der Waals surface area (Å²) in [4.78, 5) is 2.29. The van der Waals surface area contributed by atoms with Crippen LogP contribution in [0.2, 0.25) is 0 Å². The standard InChI is InChI=1S/C22H27N2O2S.BrH/c1-4-26-19-10-8-18(9-11-19)22(25)15-23(21-24(22)12-5-13-27-21)20-14-16(2)6-7-17(20)3;/h6-11,14,25H,4-5,12-13,15H2,1-3H3;1H/q+1;/p-1. The van der Waals surface area contributed by atoms with Crippen molar-refractivity contribution >= 4 is 22.6 Å². The molecule has 0 aliphatic carbocycles.